The van der Waals surface area contributed by atoms with Gasteiger partial charge in [0.2, 0.25) is 5.95 Å². The molecule has 1 aromatic heterocycles. The molecule has 0 aliphatic carbocycles. The van der Waals surface area contributed by atoms with E-state index in [4.69, 9.17) is 11.6 Å². The molecule has 0 spiro atoms. The third-order valence-corrected chi connectivity index (χ3v) is 5.05. The van der Waals surface area contributed by atoms with Crippen LogP contribution in [0.5, 0.6) is 0 Å². The van der Waals surface area contributed by atoms with Gasteiger partial charge in [-0.2, -0.15) is 4.39 Å². The summed E-state index contributed by atoms with van der Waals surface area (Å²) in [7, 11) is 0. The first kappa shape index (κ1) is 19.4. The van der Waals surface area contributed by atoms with Crippen LogP contribution in [-0.2, 0) is 0 Å². The molecular weight excluding hydrogens is 374 g/mol. The summed E-state index contributed by atoms with van der Waals surface area (Å²) in [4.78, 5) is 20.0. The van der Waals surface area contributed by atoms with Crippen LogP contribution in [0.15, 0.2) is 36.5 Å². The van der Waals surface area contributed by atoms with Gasteiger partial charge in [-0.05, 0) is 37.6 Å². The standard InChI is InChI=1S/C19H21ClF2N4O/c1-12-11-25(7-8-26(12)15-5-6-23-18(22)10-15)19(27)24-13(2)16-4-3-14(21)9-17(16)20/h3-6,9-10,12-13H,7-8,11H2,1-2H3,(H,24,27)/t12-,13-/m1/s1. The Morgan fingerprint density at radius 2 is 2.07 bits per heavy atom. The molecule has 2 aromatic rings. The van der Waals surface area contributed by atoms with E-state index in [0.29, 0.717) is 25.2 Å². The molecule has 2 heterocycles. The quantitative estimate of drug-likeness (QED) is 0.801. The monoisotopic (exact) mass is 394 g/mol. The number of aromatic nitrogens is 1. The maximum absolute atomic E-state index is 13.4. The molecule has 5 nitrogen and oxygen atoms in total. The van der Waals surface area contributed by atoms with Gasteiger partial charge < -0.3 is 15.1 Å². The lowest BCUT2D eigenvalue weighted by atomic mass is 10.1. The van der Waals surface area contributed by atoms with Gasteiger partial charge in [0, 0.05) is 48.6 Å². The Morgan fingerprint density at radius 1 is 1.30 bits per heavy atom. The van der Waals surface area contributed by atoms with Crippen molar-refractivity contribution in [2.75, 3.05) is 24.5 Å². The molecule has 1 aliphatic rings. The summed E-state index contributed by atoms with van der Waals surface area (Å²) in [6, 6.07) is 6.73. The zero-order chi connectivity index (χ0) is 19.6. The fraction of sp³-hybridized carbons (Fsp3) is 0.368. The molecule has 0 radical (unpaired) electrons. The average Bonchev–Trinajstić information content (AvgIpc) is 2.61. The number of nitrogens with zero attached hydrogens (tertiary/aromatic N) is 3. The van der Waals surface area contributed by atoms with Crippen LogP contribution in [0.25, 0.3) is 0 Å². The number of hydrogen-bond acceptors (Lipinski definition) is 3. The number of rotatable bonds is 3. The average molecular weight is 395 g/mol. The van der Waals surface area contributed by atoms with Crippen LogP contribution in [0.4, 0.5) is 19.3 Å². The minimum Gasteiger partial charge on any atom is -0.365 e. The largest absolute Gasteiger partial charge is 0.365 e. The Bertz CT molecular complexity index is 835. The maximum atomic E-state index is 13.4. The molecule has 1 saturated heterocycles. The summed E-state index contributed by atoms with van der Waals surface area (Å²) in [6.45, 7) is 5.38. The summed E-state index contributed by atoms with van der Waals surface area (Å²) in [5, 5.41) is 3.18. The molecule has 0 saturated carbocycles. The van der Waals surface area contributed by atoms with E-state index < -0.39 is 11.8 Å². The minimum absolute atomic E-state index is 0.0241. The van der Waals surface area contributed by atoms with E-state index in [1.165, 1.54) is 24.4 Å². The van der Waals surface area contributed by atoms with Crippen molar-refractivity contribution in [1.29, 1.82) is 0 Å². The Balaban J connectivity index is 1.62. The van der Waals surface area contributed by atoms with Crippen molar-refractivity contribution in [2.45, 2.75) is 25.9 Å². The highest BCUT2D eigenvalue weighted by atomic mass is 35.5. The van der Waals surface area contributed by atoms with Gasteiger partial charge in [0.15, 0.2) is 0 Å². The molecule has 2 atom stereocenters. The molecular formula is C19H21ClF2N4O. The van der Waals surface area contributed by atoms with Gasteiger partial charge >= 0.3 is 6.03 Å². The van der Waals surface area contributed by atoms with E-state index in [2.05, 4.69) is 15.2 Å². The second-order valence-electron chi connectivity index (χ2n) is 6.66. The molecule has 1 fully saturated rings. The molecule has 0 unspecified atom stereocenters. The van der Waals surface area contributed by atoms with Gasteiger partial charge in [0.05, 0.1) is 6.04 Å². The first-order valence-corrected chi connectivity index (χ1v) is 9.11. The zero-order valence-electron chi connectivity index (χ0n) is 15.1. The second-order valence-corrected chi connectivity index (χ2v) is 7.07. The minimum atomic E-state index is -0.523. The van der Waals surface area contributed by atoms with Gasteiger partial charge in [-0.25, -0.2) is 14.2 Å². The van der Waals surface area contributed by atoms with Crippen LogP contribution >= 0.6 is 11.6 Å². The molecule has 3 rings (SSSR count). The van der Waals surface area contributed by atoms with Crippen molar-refractivity contribution in [1.82, 2.24) is 15.2 Å². The fourth-order valence-electron chi connectivity index (χ4n) is 3.30. The highest BCUT2D eigenvalue weighted by molar-refractivity contribution is 6.31. The van der Waals surface area contributed by atoms with Crippen LogP contribution in [0.1, 0.15) is 25.5 Å². The summed E-state index contributed by atoms with van der Waals surface area (Å²) in [5.41, 5.74) is 1.41. The molecule has 0 bridgehead atoms. The van der Waals surface area contributed by atoms with Gasteiger partial charge in [-0.1, -0.05) is 17.7 Å². The number of urea groups is 1. The number of hydrogen-bond donors (Lipinski definition) is 1. The summed E-state index contributed by atoms with van der Waals surface area (Å²) >= 11 is 6.07. The van der Waals surface area contributed by atoms with E-state index in [9.17, 15) is 13.6 Å². The van der Waals surface area contributed by atoms with Crippen molar-refractivity contribution < 1.29 is 13.6 Å². The summed E-state index contributed by atoms with van der Waals surface area (Å²) < 4.78 is 26.6. The summed E-state index contributed by atoms with van der Waals surface area (Å²) in [6.07, 6.45) is 1.44. The fourth-order valence-corrected chi connectivity index (χ4v) is 3.63. The van der Waals surface area contributed by atoms with Gasteiger partial charge in [-0.15, -0.1) is 0 Å². The Morgan fingerprint density at radius 3 is 2.74 bits per heavy atom. The number of carbonyl (C=O) groups is 1. The van der Waals surface area contributed by atoms with Crippen molar-refractivity contribution >= 4 is 23.3 Å². The number of halogens is 3. The van der Waals surface area contributed by atoms with E-state index >= 15 is 0 Å². The van der Waals surface area contributed by atoms with Crippen LogP contribution < -0.4 is 10.2 Å². The molecule has 1 aliphatic heterocycles. The van der Waals surface area contributed by atoms with Gasteiger partial charge in [0.25, 0.3) is 0 Å². The topological polar surface area (TPSA) is 48.5 Å². The van der Waals surface area contributed by atoms with E-state index in [1.54, 1.807) is 24.0 Å². The van der Waals surface area contributed by atoms with Crippen molar-refractivity contribution in [3.63, 3.8) is 0 Å². The predicted molar refractivity (Wildman–Crippen MR) is 101 cm³/mol. The Kier molecular flexibility index (Phi) is 5.79. The SMILES string of the molecule is C[C@@H]1CN(C(=O)N[C@H](C)c2ccc(F)cc2Cl)CCN1c1ccnc(F)c1. The van der Waals surface area contributed by atoms with Gasteiger partial charge in [-0.3, -0.25) is 0 Å². The van der Waals surface area contributed by atoms with Crippen LogP contribution in [0.3, 0.4) is 0 Å². The normalized spacial score (nSPS) is 18.3. The number of benzene rings is 1. The third kappa shape index (κ3) is 4.47. The molecule has 8 heteroatoms. The zero-order valence-corrected chi connectivity index (χ0v) is 15.9. The first-order chi connectivity index (χ1) is 12.8. The molecule has 27 heavy (non-hydrogen) atoms. The predicted octanol–water partition coefficient (Wildman–Crippen LogP) is 3.99. The lowest BCUT2D eigenvalue weighted by Crippen LogP contribution is -2.56. The number of piperazine rings is 1. The van der Waals surface area contributed by atoms with Crippen molar-refractivity contribution in [3.05, 3.63) is 58.9 Å². The number of nitrogens with one attached hydrogen (secondary N) is 1. The molecule has 2 amide bonds. The highest BCUT2D eigenvalue weighted by Crippen LogP contribution is 2.25. The van der Waals surface area contributed by atoms with Crippen LogP contribution in [0, 0.1) is 11.8 Å². The van der Waals surface area contributed by atoms with Crippen LogP contribution in [0.2, 0.25) is 5.02 Å². The highest BCUT2D eigenvalue weighted by Gasteiger charge is 2.28. The van der Waals surface area contributed by atoms with E-state index in [0.717, 1.165) is 5.69 Å². The van der Waals surface area contributed by atoms with Crippen molar-refractivity contribution in [3.8, 4) is 0 Å². The lowest BCUT2D eigenvalue weighted by Gasteiger charge is -2.41. The Hall–Kier alpha value is -2.41. The van der Waals surface area contributed by atoms with Crippen molar-refractivity contribution in [2.24, 2.45) is 0 Å². The Labute approximate surface area is 161 Å². The molecule has 144 valence electrons. The third-order valence-electron chi connectivity index (χ3n) is 4.73. The van der Waals surface area contributed by atoms with E-state index in [1.807, 2.05) is 6.92 Å². The number of anilines is 1. The molecule has 1 N–H and O–H groups in total. The number of carbonyl (C=O) groups excluding carboxylic acids is 1. The first-order valence-electron chi connectivity index (χ1n) is 8.73. The smallest absolute Gasteiger partial charge is 0.318 e. The number of amides is 2. The number of pyridine rings is 1. The van der Waals surface area contributed by atoms with Crippen LogP contribution in [-0.4, -0.2) is 41.6 Å². The van der Waals surface area contributed by atoms with Gasteiger partial charge in [0.1, 0.15) is 5.82 Å². The second kappa shape index (κ2) is 8.08. The maximum Gasteiger partial charge on any atom is 0.318 e. The lowest BCUT2D eigenvalue weighted by molar-refractivity contribution is 0.183. The van der Waals surface area contributed by atoms with E-state index in [-0.39, 0.29) is 23.1 Å². The molecule has 1 aromatic carbocycles. The summed E-state index contributed by atoms with van der Waals surface area (Å²) in [5.74, 6) is -0.940.